The lowest BCUT2D eigenvalue weighted by molar-refractivity contribution is -0.122. The Morgan fingerprint density at radius 3 is 2.19 bits per heavy atom. The lowest BCUT2D eigenvalue weighted by atomic mass is 10.3. The van der Waals surface area contributed by atoms with Crippen molar-refractivity contribution in [2.24, 2.45) is 0 Å². The third-order valence-corrected chi connectivity index (χ3v) is 2.85. The molecule has 0 saturated heterocycles. The van der Waals surface area contributed by atoms with Gasteiger partial charge in [0.05, 0.1) is 7.11 Å². The van der Waals surface area contributed by atoms with E-state index < -0.39 is 6.10 Å². The number of hydrogen-bond donors (Lipinski definition) is 1. The van der Waals surface area contributed by atoms with Crippen LogP contribution in [-0.4, -0.2) is 19.1 Å². The number of benzene rings is 2. The van der Waals surface area contributed by atoms with Gasteiger partial charge in [-0.25, -0.2) is 4.39 Å². The summed E-state index contributed by atoms with van der Waals surface area (Å²) in [5, 5.41) is 2.66. The molecular weight excluding hydrogens is 273 g/mol. The highest BCUT2D eigenvalue weighted by Gasteiger charge is 2.14. The molecule has 5 heteroatoms. The monoisotopic (exact) mass is 289 g/mol. The van der Waals surface area contributed by atoms with Crippen molar-refractivity contribution in [3.8, 4) is 11.5 Å². The van der Waals surface area contributed by atoms with Crippen LogP contribution in [0.2, 0.25) is 0 Å². The Labute approximate surface area is 122 Å². The average molecular weight is 289 g/mol. The molecular formula is C16H16FNO3. The highest BCUT2D eigenvalue weighted by Crippen LogP contribution is 2.18. The Hall–Kier alpha value is -2.56. The van der Waals surface area contributed by atoms with E-state index in [1.54, 1.807) is 38.3 Å². The number of methoxy groups -OCH3 is 1. The topological polar surface area (TPSA) is 47.6 Å². The van der Waals surface area contributed by atoms with Gasteiger partial charge < -0.3 is 14.8 Å². The SMILES string of the molecule is COc1ccc(O[C@@H](C)C(=O)Nc2ccc(F)cc2)cc1. The van der Waals surface area contributed by atoms with Crippen LogP contribution in [0.25, 0.3) is 0 Å². The predicted molar refractivity (Wildman–Crippen MR) is 78.1 cm³/mol. The molecule has 0 unspecified atom stereocenters. The Morgan fingerprint density at radius 2 is 1.62 bits per heavy atom. The zero-order chi connectivity index (χ0) is 15.2. The average Bonchev–Trinajstić information content (AvgIpc) is 2.50. The molecule has 2 rings (SSSR count). The van der Waals surface area contributed by atoms with Crippen molar-refractivity contribution < 1.29 is 18.7 Å². The molecule has 0 radical (unpaired) electrons. The highest BCUT2D eigenvalue weighted by atomic mass is 19.1. The van der Waals surface area contributed by atoms with E-state index in [9.17, 15) is 9.18 Å². The van der Waals surface area contributed by atoms with Gasteiger partial charge in [-0.15, -0.1) is 0 Å². The standard InChI is InChI=1S/C16H16FNO3/c1-11(21-15-9-7-14(20-2)8-10-15)16(19)18-13-5-3-12(17)4-6-13/h3-11H,1-2H3,(H,18,19)/t11-/m0/s1. The van der Waals surface area contributed by atoms with Gasteiger partial charge in [0, 0.05) is 5.69 Å². The molecule has 0 heterocycles. The normalized spacial score (nSPS) is 11.6. The molecule has 0 saturated carbocycles. The molecule has 2 aromatic carbocycles. The molecule has 0 aromatic heterocycles. The lowest BCUT2D eigenvalue weighted by Crippen LogP contribution is -2.30. The quantitative estimate of drug-likeness (QED) is 0.919. The molecule has 0 fully saturated rings. The van der Waals surface area contributed by atoms with Crippen molar-refractivity contribution in [1.82, 2.24) is 0 Å². The van der Waals surface area contributed by atoms with Crippen LogP contribution in [0.3, 0.4) is 0 Å². The maximum atomic E-state index is 12.8. The maximum absolute atomic E-state index is 12.8. The molecule has 0 aliphatic heterocycles. The number of anilines is 1. The number of hydrogen-bond acceptors (Lipinski definition) is 3. The third kappa shape index (κ3) is 4.21. The Kier molecular flexibility index (Phi) is 4.77. The molecule has 1 atom stereocenters. The molecule has 2 aromatic rings. The van der Waals surface area contributed by atoms with E-state index in [1.807, 2.05) is 0 Å². The molecule has 0 aliphatic carbocycles. The number of ether oxygens (including phenoxy) is 2. The minimum atomic E-state index is -0.677. The van der Waals surface area contributed by atoms with E-state index in [1.165, 1.54) is 24.3 Å². The highest BCUT2D eigenvalue weighted by molar-refractivity contribution is 5.94. The van der Waals surface area contributed by atoms with Gasteiger partial charge in [-0.1, -0.05) is 0 Å². The van der Waals surface area contributed by atoms with E-state index in [-0.39, 0.29) is 11.7 Å². The second-order valence-corrected chi connectivity index (χ2v) is 4.43. The summed E-state index contributed by atoms with van der Waals surface area (Å²) < 4.78 is 23.4. The second-order valence-electron chi connectivity index (χ2n) is 4.43. The lowest BCUT2D eigenvalue weighted by Gasteiger charge is -2.15. The van der Waals surface area contributed by atoms with Crippen molar-refractivity contribution >= 4 is 11.6 Å². The van der Waals surface area contributed by atoms with Crippen LogP contribution in [0.1, 0.15) is 6.92 Å². The number of amides is 1. The van der Waals surface area contributed by atoms with Gasteiger partial charge in [-0.05, 0) is 55.5 Å². The van der Waals surface area contributed by atoms with E-state index >= 15 is 0 Å². The third-order valence-electron chi connectivity index (χ3n) is 2.85. The first-order valence-corrected chi connectivity index (χ1v) is 6.45. The van der Waals surface area contributed by atoms with Gasteiger partial charge in [0.1, 0.15) is 17.3 Å². The number of carbonyl (C=O) groups is 1. The minimum absolute atomic E-state index is 0.308. The first-order chi connectivity index (χ1) is 10.1. The number of rotatable bonds is 5. The van der Waals surface area contributed by atoms with Crippen molar-refractivity contribution in [1.29, 1.82) is 0 Å². The van der Waals surface area contributed by atoms with Gasteiger partial charge in [0.15, 0.2) is 6.10 Å². The Bertz CT molecular complexity index is 596. The van der Waals surface area contributed by atoms with Crippen molar-refractivity contribution in [2.45, 2.75) is 13.0 Å². The minimum Gasteiger partial charge on any atom is -0.497 e. The van der Waals surface area contributed by atoms with Gasteiger partial charge in [-0.2, -0.15) is 0 Å². The van der Waals surface area contributed by atoms with Crippen molar-refractivity contribution in [2.75, 3.05) is 12.4 Å². The van der Waals surface area contributed by atoms with Crippen LogP contribution in [0, 0.1) is 5.82 Å². The predicted octanol–water partition coefficient (Wildman–Crippen LogP) is 3.24. The summed E-state index contributed by atoms with van der Waals surface area (Å²) in [6.45, 7) is 1.64. The molecule has 0 spiro atoms. The molecule has 1 N–H and O–H groups in total. The molecule has 1 amide bonds. The van der Waals surface area contributed by atoms with Gasteiger partial charge >= 0.3 is 0 Å². The molecule has 0 bridgehead atoms. The van der Waals surface area contributed by atoms with Crippen LogP contribution < -0.4 is 14.8 Å². The summed E-state index contributed by atoms with van der Waals surface area (Å²) in [5.41, 5.74) is 0.520. The largest absolute Gasteiger partial charge is 0.497 e. The van der Waals surface area contributed by atoms with Crippen molar-refractivity contribution in [3.05, 3.63) is 54.3 Å². The van der Waals surface area contributed by atoms with Crippen molar-refractivity contribution in [3.63, 3.8) is 0 Å². The molecule has 110 valence electrons. The van der Waals surface area contributed by atoms with E-state index in [2.05, 4.69) is 5.32 Å². The fourth-order valence-electron chi connectivity index (χ4n) is 1.69. The van der Waals surface area contributed by atoms with Crippen LogP contribution >= 0.6 is 0 Å². The zero-order valence-corrected chi connectivity index (χ0v) is 11.8. The Morgan fingerprint density at radius 1 is 1.05 bits per heavy atom. The smallest absolute Gasteiger partial charge is 0.265 e. The van der Waals surface area contributed by atoms with E-state index in [4.69, 9.17) is 9.47 Å². The summed E-state index contributed by atoms with van der Waals surface area (Å²) >= 11 is 0. The summed E-state index contributed by atoms with van der Waals surface area (Å²) in [6, 6.07) is 12.5. The number of carbonyl (C=O) groups excluding carboxylic acids is 1. The van der Waals surface area contributed by atoms with Crippen LogP contribution in [0.4, 0.5) is 10.1 Å². The molecule has 21 heavy (non-hydrogen) atoms. The summed E-state index contributed by atoms with van der Waals surface area (Å²) in [4.78, 5) is 12.0. The van der Waals surface area contributed by atoms with Crippen LogP contribution in [-0.2, 0) is 4.79 Å². The van der Waals surface area contributed by atoms with E-state index in [0.717, 1.165) is 0 Å². The van der Waals surface area contributed by atoms with Gasteiger partial charge in [0.2, 0.25) is 0 Å². The van der Waals surface area contributed by atoms with Gasteiger partial charge in [0.25, 0.3) is 5.91 Å². The second kappa shape index (κ2) is 6.74. The first kappa shape index (κ1) is 14.8. The zero-order valence-electron chi connectivity index (χ0n) is 11.8. The number of halogens is 1. The van der Waals surface area contributed by atoms with E-state index in [0.29, 0.717) is 17.2 Å². The fourth-order valence-corrected chi connectivity index (χ4v) is 1.69. The maximum Gasteiger partial charge on any atom is 0.265 e. The van der Waals surface area contributed by atoms with Crippen LogP contribution in [0.5, 0.6) is 11.5 Å². The summed E-state index contributed by atoms with van der Waals surface area (Å²) in [7, 11) is 1.58. The number of nitrogens with one attached hydrogen (secondary N) is 1. The first-order valence-electron chi connectivity index (χ1n) is 6.45. The molecule has 4 nitrogen and oxygen atoms in total. The summed E-state index contributed by atoms with van der Waals surface area (Å²) in [6.07, 6.45) is -0.677. The van der Waals surface area contributed by atoms with Gasteiger partial charge in [-0.3, -0.25) is 4.79 Å². The Balaban J connectivity index is 1.93. The van der Waals surface area contributed by atoms with Crippen LogP contribution in [0.15, 0.2) is 48.5 Å². The fraction of sp³-hybridized carbons (Fsp3) is 0.188. The summed E-state index contributed by atoms with van der Waals surface area (Å²) in [5.74, 6) is 0.622. The molecule has 0 aliphatic rings.